The number of hydrogen-bond donors (Lipinski definition) is 2. The molecule has 0 aliphatic rings. The van der Waals surface area contributed by atoms with E-state index >= 15 is 0 Å². The van der Waals surface area contributed by atoms with Gasteiger partial charge in [-0.05, 0) is 82.0 Å². The number of allylic oxidation sites excluding steroid dienone is 1. The molecule has 7 heteroatoms. The van der Waals surface area contributed by atoms with Crippen LogP contribution < -0.4 is 4.74 Å². The van der Waals surface area contributed by atoms with Crippen LogP contribution in [-0.4, -0.2) is 21.0 Å². The lowest BCUT2D eigenvalue weighted by Crippen LogP contribution is -2.00. The van der Waals surface area contributed by atoms with Crippen molar-refractivity contribution in [3.8, 4) is 11.8 Å². The normalized spacial score (nSPS) is 11.3. The van der Waals surface area contributed by atoms with Crippen molar-refractivity contribution in [1.29, 1.82) is 5.26 Å². The highest BCUT2D eigenvalue weighted by atomic mass is 79.9. The van der Waals surface area contributed by atoms with Gasteiger partial charge in [0, 0.05) is 0 Å². The number of aryl methyl sites for hydroxylation is 1. The first kappa shape index (κ1) is 21.3. The SMILES string of the molecule is Cc1ccc2nc(C(C#N)=Cc3ccc(OCc4cccc(C(=O)O)c4)c(Br)c3)[nH]c2c1. The Morgan fingerprint density at radius 3 is 2.81 bits per heavy atom. The Morgan fingerprint density at radius 1 is 1.22 bits per heavy atom. The van der Waals surface area contributed by atoms with Crippen molar-refractivity contribution < 1.29 is 14.6 Å². The minimum Gasteiger partial charge on any atom is -0.488 e. The van der Waals surface area contributed by atoms with E-state index in [1.165, 1.54) is 0 Å². The van der Waals surface area contributed by atoms with Gasteiger partial charge in [-0.2, -0.15) is 5.26 Å². The van der Waals surface area contributed by atoms with Crippen LogP contribution in [0.1, 0.15) is 32.9 Å². The van der Waals surface area contributed by atoms with Gasteiger partial charge in [-0.15, -0.1) is 0 Å². The maximum absolute atomic E-state index is 11.1. The van der Waals surface area contributed by atoms with Gasteiger partial charge in [0.1, 0.15) is 24.3 Å². The molecule has 0 atom stereocenters. The molecule has 3 aromatic carbocycles. The monoisotopic (exact) mass is 487 g/mol. The maximum Gasteiger partial charge on any atom is 0.335 e. The average molecular weight is 488 g/mol. The van der Waals surface area contributed by atoms with Gasteiger partial charge in [0.25, 0.3) is 0 Å². The molecule has 0 unspecified atom stereocenters. The predicted molar refractivity (Wildman–Crippen MR) is 126 cm³/mol. The summed E-state index contributed by atoms with van der Waals surface area (Å²) < 4.78 is 6.56. The molecule has 0 aliphatic heterocycles. The van der Waals surface area contributed by atoms with Crippen molar-refractivity contribution in [2.75, 3.05) is 0 Å². The number of H-pyrrole nitrogens is 1. The number of fused-ring (bicyclic) bond motifs is 1. The summed E-state index contributed by atoms with van der Waals surface area (Å²) in [5.74, 6) is 0.153. The number of imidazole rings is 1. The van der Waals surface area contributed by atoms with Gasteiger partial charge < -0.3 is 14.8 Å². The van der Waals surface area contributed by atoms with Crippen LogP contribution in [0.5, 0.6) is 5.75 Å². The average Bonchev–Trinajstić information content (AvgIpc) is 3.20. The van der Waals surface area contributed by atoms with E-state index in [0.717, 1.165) is 32.2 Å². The van der Waals surface area contributed by atoms with Crippen LogP contribution in [0.4, 0.5) is 0 Å². The Balaban J connectivity index is 1.54. The van der Waals surface area contributed by atoms with Gasteiger partial charge in [-0.1, -0.05) is 24.3 Å². The Hall–Kier alpha value is -3.89. The lowest BCUT2D eigenvalue weighted by molar-refractivity contribution is 0.0696. The number of benzene rings is 3. The number of nitrogens with one attached hydrogen (secondary N) is 1. The zero-order chi connectivity index (χ0) is 22.7. The maximum atomic E-state index is 11.1. The Kier molecular flexibility index (Phi) is 6.06. The Labute approximate surface area is 192 Å². The third-order valence-electron chi connectivity index (χ3n) is 4.85. The van der Waals surface area contributed by atoms with Gasteiger partial charge >= 0.3 is 5.97 Å². The summed E-state index contributed by atoms with van der Waals surface area (Å²) in [4.78, 5) is 18.8. The first-order valence-corrected chi connectivity index (χ1v) is 10.6. The fourth-order valence-electron chi connectivity index (χ4n) is 3.25. The number of aromatic amines is 1. The van der Waals surface area contributed by atoms with Crippen LogP contribution in [0.15, 0.2) is 65.1 Å². The summed E-state index contributed by atoms with van der Waals surface area (Å²) in [7, 11) is 0. The molecule has 0 bridgehead atoms. The van der Waals surface area contributed by atoms with Crippen LogP contribution in [-0.2, 0) is 6.61 Å². The molecule has 0 aliphatic carbocycles. The third-order valence-corrected chi connectivity index (χ3v) is 5.47. The summed E-state index contributed by atoms with van der Waals surface area (Å²) in [5.41, 5.74) is 5.02. The van der Waals surface area contributed by atoms with Crippen molar-refractivity contribution >= 4 is 44.6 Å². The smallest absolute Gasteiger partial charge is 0.335 e. The molecule has 1 heterocycles. The van der Waals surface area contributed by atoms with E-state index < -0.39 is 5.97 Å². The molecular formula is C25H18BrN3O3. The molecule has 1 aromatic heterocycles. The van der Waals surface area contributed by atoms with Crippen LogP contribution in [0, 0.1) is 18.3 Å². The fraction of sp³-hybridized carbons (Fsp3) is 0.0800. The number of carbonyl (C=O) groups is 1. The van der Waals surface area contributed by atoms with E-state index in [2.05, 4.69) is 32.0 Å². The van der Waals surface area contributed by atoms with Gasteiger partial charge in [-0.3, -0.25) is 0 Å². The molecule has 0 amide bonds. The molecule has 158 valence electrons. The van der Waals surface area contributed by atoms with Gasteiger partial charge in [0.15, 0.2) is 0 Å². The second-order valence-electron chi connectivity index (χ2n) is 7.26. The second-order valence-corrected chi connectivity index (χ2v) is 8.11. The molecule has 2 N–H and O–H groups in total. The fourth-order valence-corrected chi connectivity index (χ4v) is 3.76. The largest absolute Gasteiger partial charge is 0.488 e. The molecule has 0 radical (unpaired) electrons. The number of carboxylic acid groups (broad SMARTS) is 1. The van der Waals surface area contributed by atoms with E-state index in [1.54, 1.807) is 30.3 Å². The number of aromatic carboxylic acids is 1. The van der Waals surface area contributed by atoms with Crippen LogP contribution in [0.3, 0.4) is 0 Å². The van der Waals surface area contributed by atoms with Crippen LogP contribution >= 0.6 is 15.9 Å². The van der Waals surface area contributed by atoms with Crippen molar-refractivity contribution in [3.63, 3.8) is 0 Å². The number of ether oxygens (including phenoxy) is 1. The highest BCUT2D eigenvalue weighted by Crippen LogP contribution is 2.29. The summed E-state index contributed by atoms with van der Waals surface area (Å²) in [6, 6.07) is 20.2. The molecule has 0 saturated carbocycles. The minimum atomic E-state index is -0.975. The number of aromatic nitrogens is 2. The summed E-state index contributed by atoms with van der Waals surface area (Å²) in [6.45, 7) is 2.24. The summed E-state index contributed by atoms with van der Waals surface area (Å²) >= 11 is 3.51. The first-order valence-electron chi connectivity index (χ1n) is 9.76. The molecule has 0 fully saturated rings. The van der Waals surface area contributed by atoms with E-state index in [9.17, 15) is 10.1 Å². The molecular weight excluding hydrogens is 470 g/mol. The van der Waals surface area contributed by atoms with Gasteiger partial charge in [0.2, 0.25) is 0 Å². The van der Waals surface area contributed by atoms with E-state index in [4.69, 9.17) is 9.84 Å². The molecule has 6 nitrogen and oxygen atoms in total. The van der Waals surface area contributed by atoms with Gasteiger partial charge in [-0.25, -0.2) is 9.78 Å². The predicted octanol–water partition coefficient (Wildman–Crippen LogP) is 5.98. The molecule has 0 spiro atoms. The van der Waals surface area contributed by atoms with E-state index in [1.807, 2.05) is 43.3 Å². The number of nitriles is 1. The standard InChI is InChI=1S/C25H18BrN3O3/c1-15-5-7-21-22(9-15)29-24(28-21)19(13-27)10-16-6-8-23(20(26)12-16)32-14-17-3-2-4-18(11-17)25(30)31/h2-12H,14H2,1H3,(H,28,29)(H,30,31). The third kappa shape index (κ3) is 4.71. The number of hydrogen-bond acceptors (Lipinski definition) is 4. The minimum absolute atomic E-state index is 0.218. The Bertz CT molecular complexity index is 1400. The summed E-state index contributed by atoms with van der Waals surface area (Å²) in [5, 5.41) is 18.8. The highest BCUT2D eigenvalue weighted by molar-refractivity contribution is 9.10. The van der Waals surface area contributed by atoms with Crippen molar-refractivity contribution in [2.45, 2.75) is 13.5 Å². The highest BCUT2D eigenvalue weighted by Gasteiger charge is 2.10. The van der Waals surface area contributed by atoms with Crippen molar-refractivity contribution in [3.05, 3.63) is 93.2 Å². The summed E-state index contributed by atoms with van der Waals surface area (Å²) in [6.07, 6.45) is 1.76. The molecule has 4 rings (SSSR count). The lowest BCUT2D eigenvalue weighted by atomic mass is 10.1. The number of halogens is 1. The van der Waals surface area contributed by atoms with Crippen LogP contribution in [0.2, 0.25) is 0 Å². The Morgan fingerprint density at radius 2 is 2.06 bits per heavy atom. The topological polar surface area (TPSA) is 99.0 Å². The number of nitrogens with zero attached hydrogens (tertiary/aromatic N) is 2. The molecule has 4 aromatic rings. The quantitative estimate of drug-likeness (QED) is 0.326. The number of rotatable bonds is 6. The zero-order valence-corrected chi connectivity index (χ0v) is 18.7. The number of carboxylic acids is 1. The van der Waals surface area contributed by atoms with Crippen molar-refractivity contribution in [1.82, 2.24) is 9.97 Å². The second kappa shape index (κ2) is 9.08. The molecule has 0 saturated heterocycles. The molecule has 32 heavy (non-hydrogen) atoms. The van der Waals surface area contributed by atoms with Crippen LogP contribution in [0.25, 0.3) is 22.7 Å². The zero-order valence-electron chi connectivity index (χ0n) is 17.1. The van der Waals surface area contributed by atoms with E-state index in [0.29, 0.717) is 17.1 Å². The van der Waals surface area contributed by atoms with Crippen molar-refractivity contribution in [2.24, 2.45) is 0 Å². The van der Waals surface area contributed by atoms with Gasteiger partial charge in [0.05, 0.1) is 26.6 Å². The first-order chi connectivity index (χ1) is 15.4. The lowest BCUT2D eigenvalue weighted by Gasteiger charge is -2.09. The van der Waals surface area contributed by atoms with E-state index in [-0.39, 0.29) is 12.2 Å².